The van der Waals surface area contributed by atoms with Gasteiger partial charge in [0.25, 0.3) is 0 Å². The Morgan fingerprint density at radius 3 is 2.56 bits per heavy atom. The average molecular weight is 245 g/mol. The number of hydrogen-bond acceptors (Lipinski definition) is 3. The Morgan fingerprint density at radius 1 is 1.17 bits per heavy atom. The van der Waals surface area contributed by atoms with Crippen LogP contribution in [0.4, 0.5) is 0 Å². The molecule has 0 saturated carbocycles. The van der Waals surface area contributed by atoms with Gasteiger partial charge in [-0.3, -0.25) is 4.79 Å². The third kappa shape index (κ3) is 2.22. The molecule has 0 fully saturated rings. The van der Waals surface area contributed by atoms with Crippen molar-refractivity contribution in [1.29, 1.82) is 0 Å². The molecular weight excluding hydrogens is 230 g/mol. The van der Waals surface area contributed by atoms with Gasteiger partial charge < -0.3 is 14.8 Å². The first kappa shape index (κ1) is 12.2. The second-order valence-electron chi connectivity index (χ2n) is 4.07. The molecule has 0 saturated heterocycles. The number of aromatic nitrogens is 1. The molecule has 0 aliphatic carbocycles. The highest BCUT2D eigenvalue weighted by Gasteiger charge is 2.11. The molecule has 0 aliphatic heterocycles. The van der Waals surface area contributed by atoms with Crippen LogP contribution in [0.25, 0.3) is 0 Å². The summed E-state index contributed by atoms with van der Waals surface area (Å²) in [5.74, 6) is -0.0848. The number of pyridine rings is 1. The van der Waals surface area contributed by atoms with E-state index in [1.807, 2.05) is 13.0 Å². The summed E-state index contributed by atoms with van der Waals surface area (Å²) >= 11 is 0. The molecule has 0 bridgehead atoms. The van der Waals surface area contributed by atoms with E-state index in [2.05, 4.69) is 0 Å². The molecule has 0 unspecified atom stereocenters. The molecule has 2 aromatic rings. The average Bonchev–Trinajstić information content (AvgIpc) is 2.38. The number of para-hydroxylation sites is 1. The second kappa shape index (κ2) is 4.96. The minimum Gasteiger partial charge on any atom is -0.508 e. The van der Waals surface area contributed by atoms with Gasteiger partial charge in [-0.2, -0.15) is 0 Å². The molecule has 0 amide bonds. The summed E-state index contributed by atoms with van der Waals surface area (Å²) in [6, 6.07) is 8.24. The maximum Gasteiger partial charge on any atom is 0.223 e. The summed E-state index contributed by atoms with van der Waals surface area (Å²) in [6.45, 7) is 2.58. The van der Waals surface area contributed by atoms with E-state index in [1.54, 1.807) is 29.0 Å². The molecule has 0 spiro atoms. The fraction of sp³-hybridized carbons (Fsp3) is 0.214. The Bertz CT molecular complexity index is 617. The standard InChI is InChI=1S/C14H15NO3/c1-2-15-8-7-13(17)14(18)11(15)9-10-5-3-4-6-12(10)16/h3-8,16,18H,2,9H2,1H3. The molecule has 18 heavy (non-hydrogen) atoms. The normalized spacial score (nSPS) is 10.5. The smallest absolute Gasteiger partial charge is 0.223 e. The maximum absolute atomic E-state index is 11.5. The van der Waals surface area contributed by atoms with Gasteiger partial charge in [0.15, 0.2) is 5.75 Å². The van der Waals surface area contributed by atoms with Gasteiger partial charge in [-0.1, -0.05) is 18.2 Å². The highest BCUT2D eigenvalue weighted by molar-refractivity contribution is 5.38. The maximum atomic E-state index is 11.5. The lowest BCUT2D eigenvalue weighted by Gasteiger charge is -2.13. The number of aromatic hydroxyl groups is 2. The molecule has 1 aromatic heterocycles. The van der Waals surface area contributed by atoms with Crippen LogP contribution in [0, 0.1) is 0 Å². The van der Waals surface area contributed by atoms with Crippen molar-refractivity contribution in [3.63, 3.8) is 0 Å². The Labute approximate surface area is 105 Å². The Morgan fingerprint density at radius 2 is 1.89 bits per heavy atom. The largest absolute Gasteiger partial charge is 0.508 e. The summed E-state index contributed by atoms with van der Waals surface area (Å²) < 4.78 is 1.79. The van der Waals surface area contributed by atoms with E-state index in [1.165, 1.54) is 6.07 Å². The van der Waals surface area contributed by atoms with Gasteiger partial charge >= 0.3 is 0 Å². The van der Waals surface area contributed by atoms with Crippen molar-refractivity contribution in [1.82, 2.24) is 4.57 Å². The Hall–Kier alpha value is -2.23. The lowest BCUT2D eigenvalue weighted by molar-refractivity contribution is 0.448. The Kier molecular flexibility index (Phi) is 3.37. The lowest BCUT2D eigenvalue weighted by atomic mass is 10.1. The second-order valence-corrected chi connectivity index (χ2v) is 4.07. The van der Waals surface area contributed by atoms with E-state index >= 15 is 0 Å². The first-order valence-corrected chi connectivity index (χ1v) is 5.81. The monoisotopic (exact) mass is 245 g/mol. The van der Waals surface area contributed by atoms with E-state index < -0.39 is 5.43 Å². The van der Waals surface area contributed by atoms with E-state index in [4.69, 9.17) is 0 Å². The van der Waals surface area contributed by atoms with Gasteiger partial charge in [0.05, 0.1) is 5.69 Å². The molecule has 0 aliphatic rings. The summed E-state index contributed by atoms with van der Waals surface area (Å²) in [4.78, 5) is 11.5. The van der Waals surface area contributed by atoms with Gasteiger partial charge in [0, 0.05) is 25.2 Å². The quantitative estimate of drug-likeness (QED) is 0.867. The predicted molar refractivity (Wildman–Crippen MR) is 69.0 cm³/mol. The number of phenolic OH excluding ortho intramolecular Hbond substituents is 1. The third-order valence-electron chi connectivity index (χ3n) is 2.95. The summed E-state index contributed by atoms with van der Waals surface area (Å²) in [5, 5.41) is 19.6. The van der Waals surface area contributed by atoms with Gasteiger partial charge in [-0.15, -0.1) is 0 Å². The van der Waals surface area contributed by atoms with Crippen LogP contribution in [-0.2, 0) is 13.0 Å². The number of benzene rings is 1. The molecule has 2 rings (SSSR count). The van der Waals surface area contributed by atoms with E-state index in [0.717, 1.165) is 0 Å². The fourth-order valence-electron chi connectivity index (χ4n) is 1.93. The van der Waals surface area contributed by atoms with Crippen LogP contribution in [0.1, 0.15) is 18.2 Å². The van der Waals surface area contributed by atoms with Crippen LogP contribution >= 0.6 is 0 Å². The molecule has 1 heterocycles. The molecule has 1 aromatic carbocycles. The van der Waals surface area contributed by atoms with Crippen molar-refractivity contribution in [2.75, 3.05) is 0 Å². The number of rotatable bonds is 3. The van der Waals surface area contributed by atoms with Crippen LogP contribution in [0.3, 0.4) is 0 Å². The predicted octanol–water partition coefficient (Wildman–Crippen LogP) is 1.87. The van der Waals surface area contributed by atoms with Gasteiger partial charge in [0.2, 0.25) is 5.43 Å². The third-order valence-corrected chi connectivity index (χ3v) is 2.95. The van der Waals surface area contributed by atoms with Crippen LogP contribution < -0.4 is 5.43 Å². The Balaban J connectivity index is 2.49. The highest BCUT2D eigenvalue weighted by atomic mass is 16.3. The highest BCUT2D eigenvalue weighted by Crippen LogP contribution is 2.22. The van der Waals surface area contributed by atoms with Crippen molar-refractivity contribution >= 4 is 0 Å². The number of nitrogens with zero attached hydrogens (tertiary/aromatic N) is 1. The number of aryl methyl sites for hydroxylation is 1. The number of hydrogen-bond donors (Lipinski definition) is 2. The van der Waals surface area contributed by atoms with Crippen LogP contribution in [0.15, 0.2) is 41.3 Å². The summed E-state index contributed by atoms with van der Waals surface area (Å²) in [6.07, 6.45) is 1.97. The van der Waals surface area contributed by atoms with Crippen LogP contribution in [0.5, 0.6) is 11.5 Å². The van der Waals surface area contributed by atoms with Crippen LogP contribution in [-0.4, -0.2) is 14.8 Å². The first-order chi connectivity index (χ1) is 8.63. The molecular formula is C14H15NO3. The zero-order valence-corrected chi connectivity index (χ0v) is 10.1. The zero-order valence-electron chi connectivity index (χ0n) is 10.1. The zero-order chi connectivity index (χ0) is 13.1. The molecule has 4 heteroatoms. The lowest BCUT2D eigenvalue weighted by Crippen LogP contribution is -2.12. The van der Waals surface area contributed by atoms with E-state index in [0.29, 0.717) is 24.2 Å². The SMILES string of the molecule is CCn1ccc(=O)c(O)c1Cc1ccccc1O. The summed E-state index contributed by atoms with van der Waals surface area (Å²) in [5.41, 5.74) is 0.803. The van der Waals surface area contributed by atoms with Crippen molar-refractivity contribution in [3.8, 4) is 11.5 Å². The van der Waals surface area contributed by atoms with Gasteiger partial charge in [-0.25, -0.2) is 0 Å². The number of phenols is 1. The molecule has 94 valence electrons. The van der Waals surface area contributed by atoms with E-state index in [-0.39, 0.29) is 11.5 Å². The van der Waals surface area contributed by atoms with Crippen molar-refractivity contribution in [2.45, 2.75) is 19.9 Å². The molecule has 4 nitrogen and oxygen atoms in total. The fourth-order valence-corrected chi connectivity index (χ4v) is 1.93. The van der Waals surface area contributed by atoms with Crippen molar-refractivity contribution < 1.29 is 10.2 Å². The van der Waals surface area contributed by atoms with Gasteiger partial charge in [0.1, 0.15) is 5.75 Å². The topological polar surface area (TPSA) is 62.5 Å². The first-order valence-electron chi connectivity index (χ1n) is 5.81. The summed E-state index contributed by atoms with van der Waals surface area (Å²) in [7, 11) is 0. The molecule has 0 radical (unpaired) electrons. The van der Waals surface area contributed by atoms with Crippen LogP contribution in [0.2, 0.25) is 0 Å². The van der Waals surface area contributed by atoms with E-state index in [9.17, 15) is 15.0 Å². The minimum atomic E-state index is -0.398. The molecule has 2 N–H and O–H groups in total. The van der Waals surface area contributed by atoms with Crippen molar-refractivity contribution in [2.24, 2.45) is 0 Å². The van der Waals surface area contributed by atoms with Crippen molar-refractivity contribution in [3.05, 3.63) is 58.0 Å². The minimum absolute atomic E-state index is 0.163. The van der Waals surface area contributed by atoms with Gasteiger partial charge in [-0.05, 0) is 18.6 Å². The molecule has 0 atom stereocenters.